The minimum atomic E-state index is -0.402. The van der Waals surface area contributed by atoms with E-state index in [0.29, 0.717) is 10.0 Å². The number of carbonyl (C=O) groups excluding carboxylic acids is 1. The van der Waals surface area contributed by atoms with E-state index in [1.165, 1.54) is 13.0 Å². The highest BCUT2D eigenvalue weighted by Gasteiger charge is 2.09. The first-order chi connectivity index (χ1) is 5.52. The van der Waals surface area contributed by atoms with Crippen molar-refractivity contribution in [2.24, 2.45) is 0 Å². The molecule has 1 aromatic rings. The van der Waals surface area contributed by atoms with Crippen molar-refractivity contribution in [1.82, 2.24) is 0 Å². The van der Waals surface area contributed by atoms with Crippen molar-refractivity contribution in [1.29, 1.82) is 0 Å². The average molecular weight is 343 g/mol. The summed E-state index contributed by atoms with van der Waals surface area (Å²) in [5.41, 5.74) is 0.427. The van der Waals surface area contributed by atoms with Crippen LogP contribution in [0.15, 0.2) is 16.6 Å². The van der Waals surface area contributed by atoms with Gasteiger partial charge in [0.15, 0.2) is 5.78 Å². The smallest absolute Gasteiger partial charge is 0.160 e. The highest BCUT2D eigenvalue weighted by molar-refractivity contribution is 14.1. The predicted octanol–water partition coefficient (Wildman–Crippen LogP) is 3.40. The molecule has 0 aliphatic rings. The van der Waals surface area contributed by atoms with Gasteiger partial charge < -0.3 is 0 Å². The minimum absolute atomic E-state index is 0.120. The van der Waals surface area contributed by atoms with Crippen LogP contribution in [0.3, 0.4) is 0 Å². The van der Waals surface area contributed by atoms with Gasteiger partial charge in [0.25, 0.3) is 0 Å². The zero-order chi connectivity index (χ0) is 9.30. The third-order valence-corrected chi connectivity index (χ3v) is 2.89. The molecule has 0 radical (unpaired) electrons. The van der Waals surface area contributed by atoms with E-state index in [0.717, 1.165) is 3.57 Å². The maximum absolute atomic E-state index is 12.9. The van der Waals surface area contributed by atoms with E-state index in [1.54, 1.807) is 6.07 Å². The number of hydrogen-bond acceptors (Lipinski definition) is 1. The topological polar surface area (TPSA) is 17.1 Å². The summed E-state index contributed by atoms with van der Waals surface area (Å²) in [5.74, 6) is -0.522. The van der Waals surface area contributed by atoms with Gasteiger partial charge in [-0.15, -0.1) is 0 Å². The summed E-state index contributed by atoms with van der Waals surface area (Å²) in [6.07, 6.45) is 0. The van der Waals surface area contributed by atoms with Crippen LogP contribution >= 0.6 is 38.5 Å². The second kappa shape index (κ2) is 3.83. The van der Waals surface area contributed by atoms with Crippen molar-refractivity contribution in [3.8, 4) is 0 Å². The Morgan fingerprint density at radius 1 is 1.58 bits per heavy atom. The third kappa shape index (κ3) is 2.04. The predicted molar refractivity (Wildman–Crippen MR) is 56.8 cm³/mol. The fourth-order valence-corrected chi connectivity index (χ4v) is 2.41. The van der Waals surface area contributed by atoms with Crippen LogP contribution in [0.2, 0.25) is 0 Å². The number of carbonyl (C=O) groups is 1. The molecule has 12 heavy (non-hydrogen) atoms. The molecule has 0 bridgehead atoms. The fraction of sp³-hybridized carbons (Fsp3) is 0.125. The van der Waals surface area contributed by atoms with Gasteiger partial charge in [0, 0.05) is 9.13 Å². The first-order valence-corrected chi connectivity index (χ1v) is 5.05. The molecule has 0 spiro atoms. The first kappa shape index (κ1) is 10.1. The number of hydrogen-bond donors (Lipinski definition) is 0. The maximum Gasteiger partial charge on any atom is 0.160 e. The van der Waals surface area contributed by atoms with Gasteiger partial charge in [0.2, 0.25) is 0 Å². The lowest BCUT2D eigenvalue weighted by Crippen LogP contribution is -1.97. The van der Waals surface area contributed by atoms with Gasteiger partial charge in [-0.05, 0) is 57.6 Å². The lowest BCUT2D eigenvalue weighted by Gasteiger charge is -2.01. The van der Waals surface area contributed by atoms with Crippen LogP contribution in [0.5, 0.6) is 0 Å². The highest BCUT2D eigenvalue weighted by atomic mass is 127. The molecule has 1 rings (SSSR count). The molecule has 0 amide bonds. The Labute approximate surface area is 91.6 Å². The molecule has 0 saturated carbocycles. The van der Waals surface area contributed by atoms with Gasteiger partial charge in [-0.2, -0.15) is 0 Å². The normalized spacial score (nSPS) is 10.0. The summed E-state index contributed by atoms with van der Waals surface area (Å²) >= 11 is 5.04. The lowest BCUT2D eigenvalue weighted by molar-refractivity contribution is 0.101. The van der Waals surface area contributed by atoms with Crippen LogP contribution in [0.1, 0.15) is 17.3 Å². The summed E-state index contributed by atoms with van der Waals surface area (Å²) in [6.45, 7) is 1.42. The average Bonchev–Trinajstić information content (AvgIpc) is 1.96. The van der Waals surface area contributed by atoms with Crippen LogP contribution in [0.4, 0.5) is 4.39 Å². The Kier molecular flexibility index (Phi) is 3.22. The second-order valence-electron chi connectivity index (χ2n) is 2.30. The standard InChI is InChI=1S/C8H5BrFIO/c1-4(12)5-2-7(10)6(9)3-8(5)11/h2-3H,1H3. The van der Waals surface area contributed by atoms with Gasteiger partial charge in [0.1, 0.15) is 5.82 Å². The van der Waals surface area contributed by atoms with Crippen molar-refractivity contribution in [2.45, 2.75) is 6.92 Å². The van der Waals surface area contributed by atoms with Gasteiger partial charge >= 0.3 is 0 Å². The lowest BCUT2D eigenvalue weighted by atomic mass is 10.1. The van der Waals surface area contributed by atoms with E-state index in [1.807, 2.05) is 22.6 Å². The van der Waals surface area contributed by atoms with Gasteiger partial charge in [-0.1, -0.05) is 0 Å². The summed E-state index contributed by atoms with van der Waals surface area (Å²) in [6, 6.07) is 2.83. The fourth-order valence-electron chi connectivity index (χ4n) is 0.792. The molecule has 64 valence electrons. The van der Waals surface area contributed by atoms with Crippen LogP contribution in [-0.2, 0) is 0 Å². The van der Waals surface area contributed by atoms with Crippen molar-refractivity contribution in [2.75, 3.05) is 0 Å². The maximum atomic E-state index is 12.9. The van der Waals surface area contributed by atoms with E-state index >= 15 is 0 Å². The number of rotatable bonds is 1. The number of halogens is 3. The molecule has 0 fully saturated rings. The van der Waals surface area contributed by atoms with Crippen molar-refractivity contribution in [3.63, 3.8) is 0 Å². The number of ketones is 1. The number of benzene rings is 1. The third-order valence-electron chi connectivity index (χ3n) is 1.39. The molecule has 0 aliphatic carbocycles. The van der Waals surface area contributed by atoms with Crippen LogP contribution < -0.4 is 0 Å². The van der Waals surface area contributed by atoms with Gasteiger partial charge in [0.05, 0.1) is 4.47 Å². The molecule has 0 heterocycles. The van der Waals surface area contributed by atoms with E-state index in [2.05, 4.69) is 15.9 Å². The quantitative estimate of drug-likeness (QED) is 0.434. The summed E-state index contributed by atoms with van der Waals surface area (Å²) in [5, 5.41) is 0. The molecular formula is C8H5BrFIO. The van der Waals surface area contributed by atoms with Crippen molar-refractivity contribution < 1.29 is 9.18 Å². The molecule has 1 nitrogen and oxygen atoms in total. The van der Waals surface area contributed by atoms with E-state index in [4.69, 9.17) is 0 Å². The summed E-state index contributed by atoms with van der Waals surface area (Å²) in [7, 11) is 0. The molecule has 1 aromatic carbocycles. The Morgan fingerprint density at radius 2 is 2.17 bits per heavy atom. The first-order valence-electron chi connectivity index (χ1n) is 3.18. The SMILES string of the molecule is CC(=O)c1cc(F)c(Br)cc1I. The van der Waals surface area contributed by atoms with Crippen LogP contribution in [0.25, 0.3) is 0 Å². The largest absolute Gasteiger partial charge is 0.294 e. The van der Waals surface area contributed by atoms with E-state index in [-0.39, 0.29) is 5.78 Å². The molecule has 0 aliphatic heterocycles. The molecular weight excluding hydrogens is 338 g/mol. The van der Waals surface area contributed by atoms with E-state index in [9.17, 15) is 9.18 Å². The Hall–Kier alpha value is 0.0300. The summed E-state index contributed by atoms with van der Waals surface area (Å²) in [4.78, 5) is 10.9. The molecule has 0 saturated heterocycles. The summed E-state index contributed by atoms with van der Waals surface area (Å²) < 4.78 is 14.1. The molecule has 0 atom stereocenters. The molecule has 4 heteroatoms. The second-order valence-corrected chi connectivity index (χ2v) is 4.32. The Balaban J connectivity index is 3.33. The number of Topliss-reactive ketones (excluding diaryl/α,β-unsaturated/α-hetero) is 1. The van der Waals surface area contributed by atoms with Gasteiger partial charge in [-0.3, -0.25) is 4.79 Å². The molecule has 0 N–H and O–H groups in total. The zero-order valence-corrected chi connectivity index (χ0v) is 9.94. The molecule has 0 unspecified atom stereocenters. The monoisotopic (exact) mass is 342 g/mol. The zero-order valence-electron chi connectivity index (χ0n) is 6.20. The van der Waals surface area contributed by atoms with Gasteiger partial charge in [-0.25, -0.2) is 4.39 Å². The van der Waals surface area contributed by atoms with Crippen molar-refractivity contribution in [3.05, 3.63) is 31.6 Å². The Bertz CT molecular complexity index is 338. The van der Waals surface area contributed by atoms with Crippen LogP contribution in [-0.4, -0.2) is 5.78 Å². The highest BCUT2D eigenvalue weighted by Crippen LogP contribution is 2.22. The molecule has 0 aromatic heterocycles. The minimum Gasteiger partial charge on any atom is -0.294 e. The van der Waals surface area contributed by atoms with Crippen LogP contribution in [0, 0.1) is 9.39 Å². The van der Waals surface area contributed by atoms with Crippen molar-refractivity contribution >= 4 is 44.3 Å². The van der Waals surface area contributed by atoms with E-state index < -0.39 is 5.82 Å². The Morgan fingerprint density at radius 3 is 2.67 bits per heavy atom.